The number of pyridine rings is 1. The van der Waals surface area contributed by atoms with Gasteiger partial charge in [0, 0.05) is 18.8 Å². The molecule has 2 N–H and O–H groups in total. The van der Waals surface area contributed by atoms with E-state index in [1.54, 1.807) is 12.1 Å². The number of amides is 2. The van der Waals surface area contributed by atoms with Gasteiger partial charge in [-0.05, 0) is 42.7 Å². The van der Waals surface area contributed by atoms with Crippen molar-refractivity contribution < 1.29 is 18.7 Å². The summed E-state index contributed by atoms with van der Waals surface area (Å²) in [6.45, 7) is 2.69. The first-order chi connectivity index (χ1) is 13.4. The molecular formula is C19H18ClFN4O3. The van der Waals surface area contributed by atoms with Crippen LogP contribution in [0.15, 0.2) is 28.7 Å². The minimum absolute atomic E-state index is 0.0949. The molecule has 1 aromatic carbocycles. The predicted molar refractivity (Wildman–Crippen MR) is 103 cm³/mol. The molecule has 1 atom stereocenters. The molecule has 0 spiro atoms. The highest BCUT2D eigenvalue weighted by Crippen LogP contribution is 2.30. The van der Waals surface area contributed by atoms with Crippen LogP contribution in [-0.4, -0.2) is 45.2 Å². The molecule has 1 aliphatic rings. The van der Waals surface area contributed by atoms with Crippen molar-refractivity contribution in [3.8, 4) is 11.5 Å². The van der Waals surface area contributed by atoms with E-state index in [0.29, 0.717) is 30.6 Å². The molecule has 3 heterocycles. The number of urea groups is 1. The number of β-amino-alcohol motifs (C(OH)–C–C–N with tert-alkyl or cyclic N) is 1. The predicted octanol–water partition coefficient (Wildman–Crippen LogP) is 3.84. The fourth-order valence-corrected chi connectivity index (χ4v) is 3.43. The van der Waals surface area contributed by atoms with E-state index in [-0.39, 0.29) is 34.9 Å². The van der Waals surface area contributed by atoms with Crippen molar-refractivity contribution >= 4 is 34.5 Å². The fourth-order valence-electron chi connectivity index (χ4n) is 3.22. The van der Waals surface area contributed by atoms with Crippen LogP contribution in [0.3, 0.4) is 0 Å². The topological polar surface area (TPSA) is 91.5 Å². The Kier molecular flexibility index (Phi) is 4.91. The summed E-state index contributed by atoms with van der Waals surface area (Å²) in [5, 5.41) is 12.4. The number of aryl methyl sites for hydroxylation is 1. The van der Waals surface area contributed by atoms with Crippen molar-refractivity contribution in [2.45, 2.75) is 25.9 Å². The third kappa shape index (κ3) is 3.53. The minimum atomic E-state index is -0.588. The van der Waals surface area contributed by atoms with Crippen LogP contribution in [-0.2, 0) is 6.42 Å². The summed E-state index contributed by atoms with van der Waals surface area (Å²) in [5.41, 5.74) is 2.13. The molecule has 0 saturated carbocycles. The van der Waals surface area contributed by atoms with Crippen LogP contribution in [0.25, 0.3) is 22.7 Å². The number of benzene rings is 1. The van der Waals surface area contributed by atoms with Gasteiger partial charge in [-0.3, -0.25) is 0 Å². The lowest BCUT2D eigenvalue weighted by Crippen LogP contribution is -2.33. The number of carbonyl (C=O) groups is 1. The number of rotatable bonds is 3. The lowest BCUT2D eigenvalue weighted by Gasteiger charge is -2.16. The van der Waals surface area contributed by atoms with E-state index in [1.165, 1.54) is 17.0 Å². The van der Waals surface area contributed by atoms with Gasteiger partial charge in [0.2, 0.25) is 11.6 Å². The molecular weight excluding hydrogens is 387 g/mol. The highest BCUT2D eigenvalue weighted by Gasteiger charge is 2.25. The van der Waals surface area contributed by atoms with Crippen molar-refractivity contribution in [2.24, 2.45) is 0 Å². The fraction of sp³-hybridized carbons (Fsp3) is 0.316. The van der Waals surface area contributed by atoms with Gasteiger partial charge in [0.05, 0.1) is 11.7 Å². The van der Waals surface area contributed by atoms with Crippen LogP contribution in [0.5, 0.6) is 0 Å². The van der Waals surface area contributed by atoms with Gasteiger partial charge in [0.15, 0.2) is 0 Å². The number of nitrogens with one attached hydrogen (secondary N) is 1. The van der Waals surface area contributed by atoms with E-state index in [9.17, 15) is 14.3 Å². The Bertz CT molecular complexity index is 1060. The van der Waals surface area contributed by atoms with E-state index >= 15 is 0 Å². The summed E-state index contributed by atoms with van der Waals surface area (Å²) in [6, 6.07) is 5.59. The second-order valence-corrected chi connectivity index (χ2v) is 7.03. The molecule has 0 bridgehead atoms. The third-order valence-electron chi connectivity index (χ3n) is 4.70. The molecule has 0 unspecified atom stereocenters. The van der Waals surface area contributed by atoms with Gasteiger partial charge in [-0.1, -0.05) is 18.5 Å². The molecule has 2 amide bonds. The molecule has 4 rings (SSSR count). The largest absolute Gasteiger partial charge is 0.418 e. The zero-order chi connectivity index (χ0) is 19.8. The van der Waals surface area contributed by atoms with E-state index in [0.717, 1.165) is 5.56 Å². The van der Waals surface area contributed by atoms with Gasteiger partial charge >= 0.3 is 6.03 Å². The normalized spacial score (nSPS) is 16.7. The van der Waals surface area contributed by atoms with Crippen LogP contribution in [0.2, 0.25) is 5.15 Å². The maximum Gasteiger partial charge on any atom is 0.321 e. The van der Waals surface area contributed by atoms with Gasteiger partial charge in [0.25, 0.3) is 0 Å². The molecule has 1 aliphatic heterocycles. The van der Waals surface area contributed by atoms with Gasteiger partial charge in [-0.2, -0.15) is 4.98 Å². The molecule has 146 valence electrons. The summed E-state index contributed by atoms with van der Waals surface area (Å²) in [5.74, 6) is -0.493. The second kappa shape index (κ2) is 7.37. The molecule has 1 fully saturated rings. The Morgan fingerprint density at radius 3 is 2.93 bits per heavy atom. The van der Waals surface area contributed by atoms with Gasteiger partial charge in [0.1, 0.15) is 16.5 Å². The smallest absolute Gasteiger partial charge is 0.321 e. The average Bonchev–Trinajstić information content (AvgIpc) is 3.27. The van der Waals surface area contributed by atoms with E-state index in [4.69, 9.17) is 16.0 Å². The summed E-state index contributed by atoms with van der Waals surface area (Å²) < 4.78 is 20.3. The number of carbonyl (C=O) groups excluding carboxylic acids is 1. The number of oxazole rings is 1. The lowest BCUT2D eigenvalue weighted by atomic mass is 10.2. The maximum absolute atomic E-state index is 14.7. The van der Waals surface area contributed by atoms with Crippen LogP contribution in [0.4, 0.5) is 14.9 Å². The Hall–Kier alpha value is -2.71. The van der Waals surface area contributed by atoms with E-state index < -0.39 is 11.9 Å². The minimum Gasteiger partial charge on any atom is -0.418 e. The molecule has 9 heteroatoms. The molecule has 28 heavy (non-hydrogen) atoms. The number of aromatic nitrogens is 2. The molecule has 7 nitrogen and oxygen atoms in total. The lowest BCUT2D eigenvalue weighted by molar-refractivity contribution is 0.176. The van der Waals surface area contributed by atoms with Crippen molar-refractivity contribution in [3.05, 3.63) is 40.8 Å². The first-order valence-electron chi connectivity index (χ1n) is 8.94. The zero-order valence-corrected chi connectivity index (χ0v) is 15.8. The molecule has 2 aromatic heterocycles. The Morgan fingerprint density at radius 2 is 2.25 bits per heavy atom. The monoisotopic (exact) mass is 404 g/mol. The summed E-state index contributed by atoms with van der Waals surface area (Å²) in [4.78, 5) is 22.1. The number of fused-ring (bicyclic) bond motifs is 1. The SMILES string of the molecule is CCc1cc(Cl)nc2oc(-c3ccc(NC(=O)N4CC[C@@H](O)C4)cc3F)nc12. The van der Waals surface area contributed by atoms with Crippen LogP contribution < -0.4 is 5.32 Å². The number of likely N-dealkylation sites (tertiary alicyclic amines) is 1. The summed E-state index contributed by atoms with van der Waals surface area (Å²) in [7, 11) is 0. The second-order valence-electron chi connectivity index (χ2n) is 6.64. The number of hydrogen-bond acceptors (Lipinski definition) is 5. The van der Waals surface area contributed by atoms with Crippen molar-refractivity contribution in [1.29, 1.82) is 0 Å². The molecule has 0 aliphatic carbocycles. The van der Waals surface area contributed by atoms with Gasteiger partial charge in [-0.25, -0.2) is 14.2 Å². The number of aliphatic hydroxyl groups is 1. The number of nitrogens with zero attached hydrogens (tertiary/aromatic N) is 3. The summed E-state index contributed by atoms with van der Waals surface area (Å²) in [6.07, 6.45) is 0.707. The standard InChI is InChI=1S/C19H18ClFN4O3/c1-2-10-7-15(20)23-18-16(10)24-17(28-18)13-4-3-11(8-14(13)21)22-19(27)25-6-5-12(26)9-25/h3-4,7-8,12,26H,2,5-6,9H2,1H3,(H,22,27)/t12-/m1/s1. The van der Waals surface area contributed by atoms with Crippen LogP contribution >= 0.6 is 11.6 Å². The van der Waals surface area contributed by atoms with E-state index in [2.05, 4.69) is 15.3 Å². The number of halogens is 2. The molecule has 1 saturated heterocycles. The van der Waals surface area contributed by atoms with E-state index in [1.807, 2.05) is 6.92 Å². The van der Waals surface area contributed by atoms with Crippen molar-refractivity contribution in [1.82, 2.24) is 14.9 Å². The Morgan fingerprint density at radius 1 is 1.43 bits per heavy atom. The number of anilines is 1. The molecule has 0 radical (unpaired) electrons. The highest BCUT2D eigenvalue weighted by molar-refractivity contribution is 6.29. The van der Waals surface area contributed by atoms with Crippen LogP contribution in [0, 0.1) is 5.82 Å². The Labute approximate surface area is 165 Å². The number of aliphatic hydroxyl groups excluding tert-OH is 1. The highest BCUT2D eigenvalue weighted by atomic mass is 35.5. The Balaban J connectivity index is 1.59. The van der Waals surface area contributed by atoms with Crippen LogP contribution in [0.1, 0.15) is 18.9 Å². The van der Waals surface area contributed by atoms with Gasteiger partial charge in [-0.15, -0.1) is 0 Å². The van der Waals surface area contributed by atoms with Gasteiger partial charge < -0.3 is 19.7 Å². The quantitative estimate of drug-likeness (QED) is 0.647. The average molecular weight is 405 g/mol. The first kappa shape index (κ1) is 18.6. The molecule has 3 aromatic rings. The van der Waals surface area contributed by atoms with Crippen molar-refractivity contribution in [2.75, 3.05) is 18.4 Å². The first-order valence-corrected chi connectivity index (χ1v) is 9.32. The third-order valence-corrected chi connectivity index (χ3v) is 4.89. The summed E-state index contributed by atoms with van der Waals surface area (Å²) >= 11 is 5.99. The maximum atomic E-state index is 14.7. The van der Waals surface area contributed by atoms with Crippen molar-refractivity contribution in [3.63, 3.8) is 0 Å². The number of hydrogen-bond donors (Lipinski definition) is 2. The zero-order valence-electron chi connectivity index (χ0n) is 15.1.